The number of nitrogens with one attached hydrogen (secondary N) is 1. The number of benzene rings is 1. The molecule has 6 nitrogen and oxygen atoms in total. The molecule has 0 aliphatic carbocycles. The Balaban J connectivity index is 1.95. The second-order valence-electron chi connectivity index (χ2n) is 5.14. The van der Waals surface area contributed by atoms with Gasteiger partial charge in [0.1, 0.15) is 6.04 Å². The van der Waals surface area contributed by atoms with E-state index in [-0.39, 0.29) is 24.7 Å². The van der Waals surface area contributed by atoms with Gasteiger partial charge in [-0.2, -0.15) is 0 Å². The summed E-state index contributed by atoms with van der Waals surface area (Å²) in [6.07, 6.45) is -0.732. The first-order valence-electron chi connectivity index (χ1n) is 6.44. The maximum Gasteiger partial charge on any atom is 0.257 e. The van der Waals surface area contributed by atoms with Crippen molar-refractivity contribution < 1.29 is 19.5 Å². The van der Waals surface area contributed by atoms with E-state index in [1.54, 1.807) is 18.2 Å². The number of nitrogens with zero attached hydrogens (tertiary/aromatic N) is 1. The standard InChI is InChI=1S/C14H14N2O4/c1-7-2-3-8-9(6-7)14(20)16(13(8)19)10-4-5-11(17)15-12(10)18/h2-3,6,10,14,20H,4-5H2,1H3,(H,15,17,18). The lowest BCUT2D eigenvalue weighted by Gasteiger charge is -2.31. The van der Waals surface area contributed by atoms with E-state index in [0.717, 1.165) is 10.5 Å². The zero-order valence-electron chi connectivity index (χ0n) is 10.9. The van der Waals surface area contributed by atoms with Crippen LogP contribution in [-0.4, -0.2) is 33.8 Å². The minimum atomic E-state index is -1.14. The highest BCUT2D eigenvalue weighted by molar-refractivity contribution is 6.05. The monoisotopic (exact) mass is 274 g/mol. The topological polar surface area (TPSA) is 86.7 Å². The van der Waals surface area contributed by atoms with Crippen LogP contribution >= 0.6 is 0 Å². The molecule has 3 amide bonds. The lowest BCUT2D eigenvalue weighted by molar-refractivity contribution is -0.139. The van der Waals surface area contributed by atoms with Crippen molar-refractivity contribution in [1.29, 1.82) is 0 Å². The van der Waals surface area contributed by atoms with Gasteiger partial charge in [-0.25, -0.2) is 0 Å². The average molecular weight is 274 g/mol. The molecule has 2 aliphatic rings. The minimum absolute atomic E-state index is 0.169. The molecular weight excluding hydrogens is 260 g/mol. The number of hydrogen-bond acceptors (Lipinski definition) is 4. The van der Waals surface area contributed by atoms with Crippen molar-refractivity contribution in [3.05, 3.63) is 34.9 Å². The molecule has 0 radical (unpaired) electrons. The first-order valence-corrected chi connectivity index (χ1v) is 6.44. The summed E-state index contributed by atoms with van der Waals surface area (Å²) in [5.41, 5.74) is 1.85. The van der Waals surface area contributed by atoms with Crippen LogP contribution in [0.25, 0.3) is 0 Å². The predicted octanol–water partition coefficient (Wildman–Crippen LogP) is 0.247. The molecule has 2 aliphatic heterocycles. The van der Waals surface area contributed by atoms with Gasteiger partial charge >= 0.3 is 0 Å². The van der Waals surface area contributed by atoms with E-state index in [2.05, 4.69) is 5.32 Å². The normalized spacial score (nSPS) is 25.7. The molecule has 2 atom stereocenters. The second-order valence-corrected chi connectivity index (χ2v) is 5.14. The summed E-state index contributed by atoms with van der Waals surface area (Å²) in [5, 5.41) is 12.5. The first-order chi connectivity index (χ1) is 9.49. The van der Waals surface area contributed by atoms with Gasteiger partial charge < -0.3 is 5.11 Å². The van der Waals surface area contributed by atoms with Gasteiger partial charge in [0, 0.05) is 17.5 Å². The van der Waals surface area contributed by atoms with Crippen LogP contribution in [-0.2, 0) is 9.59 Å². The number of fused-ring (bicyclic) bond motifs is 1. The quantitative estimate of drug-likeness (QED) is 0.719. The van der Waals surface area contributed by atoms with E-state index in [1.165, 1.54) is 0 Å². The zero-order valence-corrected chi connectivity index (χ0v) is 10.9. The van der Waals surface area contributed by atoms with Crippen LogP contribution in [0.5, 0.6) is 0 Å². The molecular formula is C14H14N2O4. The van der Waals surface area contributed by atoms with E-state index in [0.29, 0.717) is 11.1 Å². The van der Waals surface area contributed by atoms with Crippen LogP contribution in [0.4, 0.5) is 0 Å². The molecule has 0 saturated carbocycles. The molecule has 0 aromatic heterocycles. The lowest BCUT2D eigenvalue weighted by Crippen LogP contribution is -2.53. The van der Waals surface area contributed by atoms with Crippen molar-refractivity contribution in [2.45, 2.75) is 32.0 Å². The number of rotatable bonds is 1. The molecule has 0 spiro atoms. The predicted molar refractivity (Wildman–Crippen MR) is 68.5 cm³/mol. The van der Waals surface area contributed by atoms with Gasteiger partial charge in [0.2, 0.25) is 11.8 Å². The van der Waals surface area contributed by atoms with E-state index >= 15 is 0 Å². The van der Waals surface area contributed by atoms with Crippen molar-refractivity contribution in [1.82, 2.24) is 10.2 Å². The van der Waals surface area contributed by atoms with Gasteiger partial charge in [0.25, 0.3) is 5.91 Å². The molecule has 104 valence electrons. The smallest absolute Gasteiger partial charge is 0.257 e. The maximum atomic E-state index is 12.3. The molecule has 1 saturated heterocycles. The van der Waals surface area contributed by atoms with Crippen molar-refractivity contribution in [2.24, 2.45) is 0 Å². The molecule has 3 rings (SSSR count). The van der Waals surface area contributed by atoms with Crippen molar-refractivity contribution >= 4 is 17.7 Å². The maximum absolute atomic E-state index is 12.3. The van der Waals surface area contributed by atoms with Crippen molar-refractivity contribution in [3.63, 3.8) is 0 Å². The van der Waals surface area contributed by atoms with Crippen molar-refractivity contribution in [2.75, 3.05) is 0 Å². The molecule has 2 unspecified atom stereocenters. The highest BCUT2D eigenvalue weighted by Gasteiger charge is 2.44. The van der Waals surface area contributed by atoms with Gasteiger partial charge in [0.05, 0.1) is 0 Å². The average Bonchev–Trinajstić information content (AvgIpc) is 2.63. The Kier molecular flexibility index (Phi) is 2.83. The summed E-state index contributed by atoms with van der Waals surface area (Å²) in [6.45, 7) is 1.87. The molecule has 1 aromatic carbocycles. The Bertz CT molecular complexity index is 626. The third-order valence-electron chi connectivity index (χ3n) is 3.76. The highest BCUT2D eigenvalue weighted by Crippen LogP contribution is 2.35. The lowest BCUT2D eigenvalue weighted by atomic mass is 10.0. The molecule has 20 heavy (non-hydrogen) atoms. The summed E-state index contributed by atoms with van der Waals surface area (Å²) in [7, 11) is 0. The third-order valence-corrected chi connectivity index (χ3v) is 3.76. The van der Waals surface area contributed by atoms with Crippen LogP contribution in [0.2, 0.25) is 0 Å². The van der Waals surface area contributed by atoms with Gasteiger partial charge in [0.15, 0.2) is 6.23 Å². The van der Waals surface area contributed by atoms with E-state index in [4.69, 9.17) is 0 Å². The number of piperidine rings is 1. The van der Waals surface area contributed by atoms with Crippen LogP contribution in [0.15, 0.2) is 18.2 Å². The zero-order chi connectivity index (χ0) is 14.4. The fourth-order valence-corrected chi connectivity index (χ4v) is 2.75. The molecule has 2 N–H and O–H groups in total. The number of aliphatic hydroxyl groups excluding tert-OH is 1. The largest absolute Gasteiger partial charge is 0.369 e. The summed E-state index contributed by atoms with van der Waals surface area (Å²) in [5.74, 6) is -1.25. The molecule has 1 fully saturated rings. The van der Waals surface area contributed by atoms with Gasteiger partial charge in [-0.1, -0.05) is 17.7 Å². The van der Waals surface area contributed by atoms with Gasteiger partial charge in [-0.15, -0.1) is 0 Å². The number of aliphatic hydroxyl groups is 1. The fraction of sp³-hybridized carbons (Fsp3) is 0.357. The van der Waals surface area contributed by atoms with Crippen LogP contribution < -0.4 is 5.32 Å². The molecule has 6 heteroatoms. The molecule has 2 heterocycles. The Morgan fingerprint density at radius 2 is 2.05 bits per heavy atom. The molecule has 1 aromatic rings. The fourth-order valence-electron chi connectivity index (χ4n) is 2.75. The van der Waals surface area contributed by atoms with E-state index in [1.807, 2.05) is 6.92 Å². The van der Waals surface area contributed by atoms with Crippen molar-refractivity contribution in [3.8, 4) is 0 Å². The number of carbonyl (C=O) groups is 3. The van der Waals surface area contributed by atoms with Gasteiger partial charge in [-0.05, 0) is 19.4 Å². The Morgan fingerprint density at radius 3 is 2.75 bits per heavy atom. The van der Waals surface area contributed by atoms with E-state index < -0.39 is 18.2 Å². The Labute approximate surface area is 115 Å². The highest BCUT2D eigenvalue weighted by atomic mass is 16.3. The second kappa shape index (κ2) is 4.42. The summed E-state index contributed by atoms with van der Waals surface area (Å²) < 4.78 is 0. The van der Waals surface area contributed by atoms with Crippen LogP contribution in [0.3, 0.4) is 0 Å². The Morgan fingerprint density at radius 1 is 1.30 bits per heavy atom. The third kappa shape index (κ3) is 1.80. The van der Waals surface area contributed by atoms with Crippen LogP contribution in [0.1, 0.15) is 40.6 Å². The summed E-state index contributed by atoms with van der Waals surface area (Å²) in [4.78, 5) is 36.5. The SMILES string of the molecule is Cc1ccc2c(c1)C(O)N(C1CCC(=O)NC1=O)C2=O. The van der Waals surface area contributed by atoms with Gasteiger partial charge in [-0.3, -0.25) is 24.6 Å². The first kappa shape index (κ1) is 12.8. The number of carbonyl (C=O) groups excluding carboxylic acids is 3. The van der Waals surface area contributed by atoms with Crippen LogP contribution in [0, 0.1) is 6.92 Å². The van der Waals surface area contributed by atoms with E-state index in [9.17, 15) is 19.5 Å². The number of aryl methyl sites for hydroxylation is 1. The number of imide groups is 1. The Hall–Kier alpha value is -2.21. The minimum Gasteiger partial charge on any atom is -0.369 e. The number of hydrogen-bond donors (Lipinski definition) is 2. The molecule has 0 bridgehead atoms. The summed E-state index contributed by atoms with van der Waals surface area (Å²) >= 11 is 0. The number of amides is 3. The summed E-state index contributed by atoms with van der Waals surface area (Å²) in [6, 6.07) is 4.38.